The topological polar surface area (TPSA) is 32.3 Å². The number of nitrogens with one attached hydrogen (secondary N) is 1. The van der Waals surface area contributed by atoms with E-state index >= 15 is 0 Å². The lowest BCUT2D eigenvalue weighted by Crippen LogP contribution is -2.56. The monoisotopic (exact) mass is 304 g/mol. The van der Waals surface area contributed by atoms with Crippen molar-refractivity contribution in [1.29, 1.82) is 0 Å². The highest BCUT2D eigenvalue weighted by Gasteiger charge is 2.50. The van der Waals surface area contributed by atoms with Crippen LogP contribution in [0.15, 0.2) is 0 Å². The van der Waals surface area contributed by atoms with Crippen LogP contribution >= 0.6 is 0 Å². The second-order valence-corrected chi connectivity index (χ2v) is 8.66. The third-order valence-electron chi connectivity index (χ3n) is 7.24. The molecule has 1 saturated heterocycles. The smallest absolute Gasteiger partial charge is 0.222 e. The molecule has 0 aromatic carbocycles. The first-order valence-electron chi connectivity index (χ1n) is 9.67. The van der Waals surface area contributed by atoms with Crippen molar-refractivity contribution in [3.63, 3.8) is 0 Å². The first-order chi connectivity index (χ1) is 10.7. The third-order valence-corrected chi connectivity index (χ3v) is 7.24. The van der Waals surface area contributed by atoms with E-state index in [1.54, 1.807) is 0 Å². The number of carbonyl (C=O) groups is 1. The van der Waals surface area contributed by atoms with Gasteiger partial charge in [0.1, 0.15) is 0 Å². The zero-order valence-corrected chi connectivity index (χ0v) is 14.1. The van der Waals surface area contributed by atoms with E-state index in [9.17, 15) is 4.79 Å². The maximum absolute atomic E-state index is 12.7. The van der Waals surface area contributed by atoms with Crippen molar-refractivity contribution in [1.82, 2.24) is 10.2 Å². The molecule has 4 bridgehead atoms. The lowest BCUT2D eigenvalue weighted by atomic mass is 9.54. The van der Waals surface area contributed by atoms with Crippen molar-refractivity contribution in [3.05, 3.63) is 0 Å². The number of piperidine rings is 1. The van der Waals surface area contributed by atoms with Crippen molar-refractivity contribution >= 4 is 5.91 Å². The summed E-state index contributed by atoms with van der Waals surface area (Å²) < 4.78 is 0. The van der Waals surface area contributed by atoms with E-state index in [0.29, 0.717) is 11.9 Å². The summed E-state index contributed by atoms with van der Waals surface area (Å²) in [6, 6.07) is 0.577. The normalized spacial score (nSPS) is 40.9. The van der Waals surface area contributed by atoms with Gasteiger partial charge in [-0.05, 0) is 94.0 Å². The Hall–Kier alpha value is -0.570. The summed E-state index contributed by atoms with van der Waals surface area (Å²) in [5, 5.41) is 3.42. The first kappa shape index (κ1) is 15.0. The van der Waals surface area contributed by atoms with Crippen LogP contribution in [0.3, 0.4) is 0 Å². The Labute approximate surface area is 135 Å². The number of carbonyl (C=O) groups excluding carboxylic acids is 1. The second-order valence-electron chi connectivity index (χ2n) is 8.66. The van der Waals surface area contributed by atoms with E-state index < -0.39 is 0 Å². The molecule has 3 nitrogen and oxygen atoms in total. The van der Waals surface area contributed by atoms with Crippen LogP contribution < -0.4 is 5.32 Å². The highest BCUT2D eigenvalue weighted by atomic mass is 16.2. The molecule has 22 heavy (non-hydrogen) atoms. The standard InChI is InChI=1S/C19H32N2O/c1-21(18(22)3-2-13-4-6-20-7-5-13)19-16-9-14-8-15(11-16)12-17(19)10-14/h13-17,19-20H,2-12H2,1H3. The number of hydrogen-bond acceptors (Lipinski definition) is 2. The van der Waals surface area contributed by atoms with E-state index in [1.807, 2.05) is 0 Å². The molecule has 1 amide bonds. The molecule has 0 atom stereocenters. The Morgan fingerprint density at radius 1 is 1.00 bits per heavy atom. The van der Waals surface area contributed by atoms with Crippen LogP contribution in [0.2, 0.25) is 0 Å². The molecule has 0 aromatic rings. The van der Waals surface area contributed by atoms with Crippen LogP contribution in [0.5, 0.6) is 0 Å². The van der Waals surface area contributed by atoms with Gasteiger partial charge in [0.05, 0.1) is 0 Å². The van der Waals surface area contributed by atoms with Gasteiger partial charge >= 0.3 is 0 Å². The molecule has 4 saturated carbocycles. The molecule has 5 rings (SSSR count). The summed E-state index contributed by atoms with van der Waals surface area (Å²) >= 11 is 0. The van der Waals surface area contributed by atoms with Gasteiger partial charge in [0.2, 0.25) is 5.91 Å². The fourth-order valence-corrected chi connectivity index (χ4v) is 6.37. The van der Waals surface area contributed by atoms with Gasteiger partial charge in [0, 0.05) is 19.5 Å². The average Bonchev–Trinajstić information content (AvgIpc) is 2.52. The van der Waals surface area contributed by atoms with Gasteiger partial charge < -0.3 is 10.2 Å². The molecule has 1 heterocycles. The summed E-state index contributed by atoms with van der Waals surface area (Å²) in [5.41, 5.74) is 0. The minimum absolute atomic E-state index is 0.427. The summed E-state index contributed by atoms with van der Waals surface area (Å²) in [6.45, 7) is 2.29. The molecule has 5 fully saturated rings. The van der Waals surface area contributed by atoms with Crippen LogP contribution in [0.25, 0.3) is 0 Å². The molecule has 124 valence electrons. The Morgan fingerprint density at radius 3 is 2.18 bits per heavy atom. The number of rotatable bonds is 4. The fourth-order valence-electron chi connectivity index (χ4n) is 6.37. The molecular formula is C19H32N2O. The second kappa shape index (κ2) is 6.14. The summed E-state index contributed by atoms with van der Waals surface area (Å²) in [6.07, 6.45) is 11.5. The maximum atomic E-state index is 12.7. The van der Waals surface area contributed by atoms with Crippen LogP contribution in [0.4, 0.5) is 0 Å². The molecular weight excluding hydrogens is 272 g/mol. The lowest BCUT2D eigenvalue weighted by molar-refractivity contribution is -0.141. The van der Waals surface area contributed by atoms with E-state index in [1.165, 1.54) is 44.9 Å². The van der Waals surface area contributed by atoms with Crippen molar-refractivity contribution in [2.45, 2.75) is 63.8 Å². The molecule has 1 N–H and O–H groups in total. The lowest BCUT2D eigenvalue weighted by Gasteiger charge is -2.56. The van der Waals surface area contributed by atoms with Gasteiger partial charge in [-0.3, -0.25) is 4.79 Å². The van der Waals surface area contributed by atoms with Gasteiger partial charge in [0.15, 0.2) is 0 Å². The molecule has 4 aliphatic carbocycles. The Morgan fingerprint density at radius 2 is 1.59 bits per heavy atom. The predicted molar refractivity (Wildman–Crippen MR) is 88.4 cm³/mol. The molecule has 0 spiro atoms. The summed E-state index contributed by atoms with van der Waals surface area (Å²) in [4.78, 5) is 14.9. The first-order valence-corrected chi connectivity index (χ1v) is 9.67. The van der Waals surface area contributed by atoms with Crippen molar-refractivity contribution in [2.75, 3.05) is 20.1 Å². The maximum Gasteiger partial charge on any atom is 0.222 e. The van der Waals surface area contributed by atoms with Gasteiger partial charge in [0.25, 0.3) is 0 Å². The third kappa shape index (κ3) is 2.81. The molecule has 0 unspecified atom stereocenters. The van der Waals surface area contributed by atoms with Gasteiger partial charge in [-0.15, -0.1) is 0 Å². The Kier molecular flexibility index (Phi) is 4.19. The van der Waals surface area contributed by atoms with E-state index in [-0.39, 0.29) is 0 Å². The van der Waals surface area contributed by atoms with Crippen molar-refractivity contribution in [3.8, 4) is 0 Å². The zero-order chi connectivity index (χ0) is 15.1. The van der Waals surface area contributed by atoms with Gasteiger partial charge in [-0.25, -0.2) is 0 Å². The van der Waals surface area contributed by atoms with Crippen LogP contribution in [0, 0.1) is 29.6 Å². The quantitative estimate of drug-likeness (QED) is 0.866. The van der Waals surface area contributed by atoms with Gasteiger partial charge in [-0.1, -0.05) is 0 Å². The predicted octanol–water partition coefficient (Wildman–Crippen LogP) is 3.05. The highest BCUT2D eigenvalue weighted by Crippen LogP contribution is 2.55. The van der Waals surface area contributed by atoms with Crippen molar-refractivity contribution < 1.29 is 4.79 Å². The van der Waals surface area contributed by atoms with Gasteiger partial charge in [-0.2, -0.15) is 0 Å². The largest absolute Gasteiger partial charge is 0.342 e. The fraction of sp³-hybridized carbons (Fsp3) is 0.947. The van der Waals surface area contributed by atoms with Crippen molar-refractivity contribution in [2.24, 2.45) is 29.6 Å². The summed E-state index contributed by atoms with van der Waals surface area (Å²) in [7, 11) is 2.11. The Bertz CT molecular complexity index is 388. The molecule has 1 aliphatic heterocycles. The average molecular weight is 304 g/mol. The molecule has 5 aliphatic rings. The highest BCUT2D eigenvalue weighted by molar-refractivity contribution is 5.76. The molecule has 0 aromatic heterocycles. The van der Waals surface area contributed by atoms with Crippen LogP contribution in [0.1, 0.15) is 57.8 Å². The minimum Gasteiger partial charge on any atom is -0.342 e. The number of hydrogen-bond donors (Lipinski definition) is 1. The molecule has 3 heteroatoms. The van der Waals surface area contributed by atoms with E-state index in [4.69, 9.17) is 0 Å². The zero-order valence-electron chi connectivity index (χ0n) is 14.1. The van der Waals surface area contributed by atoms with E-state index in [2.05, 4.69) is 17.3 Å². The van der Waals surface area contributed by atoms with Crippen LogP contribution in [-0.4, -0.2) is 37.0 Å². The number of nitrogens with zero attached hydrogens (tertiary/aromatic N) is 1. The minimum atomic E-state index is 0.427. The van der Waals surface area contributed by atoms with E-state index in [0.717, 1.165) is 55.5 Å². The summed E-state index contributed by atoms with van der Waals surface area (Å²) in [5.74, 6) is 4.84. The Balaban J connectivity index is 1.33. The molecule has 0 radical (unpaired) electrons. The number of amides is 1. The SMILES string of the molecule is CN(C(=O)CCC1CCNCC1)C1C2CC3CC(C2)CC1C3. The van der Waals surface area contributed by atoms with Crippen LogP contribution in [-0.2, 0) is 4.79 Å².